The summed E-state index contributed by atoms with van der Waals surface area (Å²) in [4.78, 5) is 11.9. The Bertz CT molecular complexity index is 631. The topological polar surface area (TPSA) is 50.4 Å². The molecule has 1 aliphatic carbocycles. The first-order valence-electron chi connectivity index (χ1n) is 7.55. The van der Waals surface area contributed by atoms with E-state index in [1.807, 2.05) is 55.5 Å². The molecule has 0 heterocycles. The van der Waals surface area contributed by atoms with E-state index < -0.39 is 0 Å². The number of carbonyl (C=O) groups is 1. The average Bonchev–Trinajstić information content (AvgIpc) is 3.33. The van der Waals surface area contributed by atoms with Crippen molar-refractivity contribution in [1.82, 2.24) is 0 Å². The Kier molecular flexibility index (Phi) is 4.28. The Morgan fingerprint density at radius 3 is 2.32 bits per heavy atom. The van der Waals surface area contributed by atoms with Crippen LogP contribution in [0.4, 0.5) is 11.4 Å². The second kappa shape index (κ2) is 6.52. The lowest BCUT2D eigenvalue weighted by atomic mass is 10.2. The summed E-state index contributed by atoms with van der Waals surface area (Å²) in [7, 11) is 0. The van der Waals surface area contributed by atoms with Crippen LogP contribution in [0.15, 0.2) is 48.5 Å². The number of anilines is 2. The molecule has 2 aromatic carbocycles. The van der Waals surface area contributed by atoms with Gasteiger partial charge < -0.3 is 15.4 Å². The van der Waals surface area contributed by atoms with Gasteiger partial charge >= 0.3 is 0 Å². The normalized spacial score (nSPS) is 13.5. The number of amides is 1. The maximum Gasteiger partial charge on any atom is 0.262 e. The lowest BCUT2D eigenvalue weighted by Gasteiger charge is -2.09. The van der Waals surface area contributed by atoms with Crippen LogP contribution in [-0.4, -0.2) is 18.6 Å². The van der Waals surface area contributed by atoms with E-state index in [1.165, 1.54) is 12.8 Å². The molecule has 3 rings (SSSR count). The number of rotatable bonds is 6. The smallest absolute Gasteiger partial charge is 0.262 e. The second-order valence-corrected chi connectivity index (χ2v) is 5.65. The summed E-state index contributed by atoms with van der Waals surface area (Å²) < 4.78 is 5.46. The van der Waals surface area contributed by atoms with Gasteiger partial charge in [0.1, 0.15) is 5.75 Å². The molecule has 0 saturated heterocycles. The van der Waals surface area contributed by atoms with Gasteiger partial charge in [-0.05, 0) is 56.2 Å². The zero-order valence-electron chi connectivity index (χ0n) is 12.6. The summed E-state index contributed by atoms with van der Waals surface area (Å²) in [5.74, 6) is 0.535. The van der Waals surface area contributed by atoms with Gasteiger partial charge in [-0.1, -0.05) is 17.7 Å². The molecule has 0 bridgehead atoms. The molecule has 22 heavy (non-hydrogen) atoms. The van der Waals surface area contributed by atoms with Gasteiger partial charge in [-0.3, -0.25) is 4.79 Å². The van der Waals surface area contributed by atoms with Gasteiger partial charge in [0.2, 0.25) is 0 Å². The zero-order chi connectivity index (χ0) is 15.4. The zero-order valence-corrected chi connectivity index (χ0v) is 12.6. The number of ether oxygens (including phenoxy) is 1. The van der Waals surface area contributed by atoms with E-state index in [4.69, 9.17) is 4.74 Å². The number of aryl methyl sites for hydroxylation is 1. The number of carbonyl (C=O) groups excluding carboxylic acids is 1. The van der Waals surface area contributed by atoms with E-state index in [-0.39, 0.29) is 12.5 Å². The van der Waals surface area contributed by atoms with Crippen molar-refractivity contribution in [3.05, 3.63) is 54.1 Å². The first-order chi connectivity index (χ1) is 10.7. The molecule has 0 atom stereocenters. The molecular formula is C18H20N2O2. The molecule has 1 fully saturated rings. The molecule has 2 aromatic rings. The van der Waals surface area contributed by atoms with E-state index in [9.17, 15) is 4.79 Å². The number of hydrogen-bond acceptors (Lipinski definition) is 3. The minimum absolute atomic E-state index is 0.00510. The van der Waals surface area contributed by atoms with Crippen molar-refractivity contribution >= 4 is 17.3 Å². The second-order valence-electron chi connectivity index (χ2n) is 5.65. The quantitative estimate of drug-likeness (QED) is 0.856. The third-order valence-corrected chi connectivity index (χ3v) is 3.51. The van der Waals surface area contributed by atoms with Gasteiger partial charge in [-0.2, -0.15) is 0 Å². The molecule has 2 N–H and O–H groups in total. The molecule has 0 spiro atoms. The van der Waals surface area contributed by atoms with Crippen molar-refractivity contribution < 1.29 is 9.53 Å². The highest BCUT2D eigenvalue weighted by Gasteiger charge is 2.20. The van der Waals surface area contributed by atoms with Crippen LogP contribution in [0.25, 0.3) is 0 Å². The molecule has 4 heteroatoms. The van der Waals surface area contributed by atoms with Crippen LogP contribution in [0.5, 0.6) is 5.75 Å². The predicted octanol–water partition coefficient (Wildman–Crippen LogP) is 3.59. The van der Waals surface area contributed by atoms with Crippen LogP contribution < -0.4 is 15.4 Å². The molecule has 4 nitrogen and oxygen atoms in total. The summed E-state index contributed by atoms with van der Waals surface area (Å²) in [6.45, 7) is 2.02. The highest BCUT2D eigenvalue weighted by molar-refractivity contribution is 5.92. The minimum Gasteiger partial charge on any atom is -0.484 e. The van der Waals surface area contributed by atoms with Crippen LogP contribution in [-0.2, 0) is 4.79 Å². The van der Waals surface area contributed by atoms with E-state index >= 15 is 0 Å². The highest BCUT2D eigenvalue weighted by Crippen LogP contribution is 2.25. The van der Waals surface area contributed by atoms with E-state index in [1.54, 1.807) is 0 Å². The average molecular weight is 296 g/mol. The van der Waals surface area contributed by atoms with Gasteiger partial charge in [0.15, 0.2) is 6.61 Å². The van der Waals surface area contributed by atoms with Gasteiger partial charge in [0, 0.05) is 17.4 Å². The van der Waals surface area contributed by atoms with Crippen LogP contribution in [0, 0.1) is 6.92 Å². The molecule has 0 aliphatic heterocycles. The maximum absolute atomic E-state index is 11.9. The molecule has 114 valence electrons. The van der Waals surface area contributed by atoms with Gasteiger partial charge in [-0.15, -0.1) is 0 Å². The van der Waals surface area contributed by atoms with Gasteiger partial charge in [-0.25, -0.2) is 0 Å². The molecule has 0 radical (unpaired) electrons. The highest BCUT2D eigenvalue weighted by atomic mass is 16.5. The summed E-state index contributed by atoms with van der Waals surface area (Å²) >= 11 is 0. The van der Waals surface area contributed by atoms with Gasteiger partial charge in [0.05, 0.1) is 0 Å². The van der Waals surface area contributed by atoms with E-state index in [2.05, 4.69) is 10.6 Å². The molecule has 0 unspecified atom stereocenters. The van der Waals surface area contributed by atoms with Crippen molar-refractivity contribution in [2.24, 2.45) is 0 Å². The number of hydrogen-bond donors (Lipinski definition) is 2. The Hall–Kier alpha value is -2.49. The van der Waals surface area contributed by atoms with Crippen LogP contribution in [0.2, 0.25) is 0 Å². The summed E-state index contributed by atoms with van der Waals surface area (Å²) in [5, 5.41) is 6.24. The largest absolute Gasteiger partial charge is 0.484 e. The minimum atomic E-state index is -0.163. The van der Waals surface area contributed by atoms with Gasteiger partial charge in [0.25, 0.3) is 5.91 Å². The van der Waals surface area contributed by atoms with Crippen LogP contribution in [0.1, 0.15) is 18.4 Å². The monoisotopic (exact) mass is 296 g/mol. The first kappa shape index (κ1) is 14.4. The lowest BCUT2D eigenvalue weighted by Crippen LogP contribution is -2.20. The summed E-state index contributed by atoms with van der Waals surface area (Å²) in [5.41, 5.74) is 3.03. The number of benzene rings is 2. The molecule has 0 aromatic heterocycles. The number of nitrogens with one attached hydrogen (secondary N) is 2. The molecule has 1 aliphatic rings. The fourth-order valence-electron chi connectivity index (χ4n) is 2.09. The SMILES string of the molecule is Cc1ccc(OCC(=O)Nc2ccc(NC3CC3)cc2)cc1. The molecule has 1 saturated carbocycles. The summed E-state index contributed by atoms with van der Waals surface area (Å²) in [6, 6.07) is 16.0. The Morgan fingerprint density at radius 1 is 1.05 bits per heavy atom. The first-order valence-corrected chi connectivity index (χ1v) is 7.55. The summed E-state index contributed by atoms with van der Waals surface area (Å²) in [6.07, 6.45) is 2.49. The van der Waals surface area contributed by atoms with Crippen molar-refractivity contribution in [3.8, 4) is 5.75 Å². The van der Waals surface area contributed by atoms with Crippen molar-refractivity contribution in [2.45, 2.75) is 25.8 Å². The fraction of sp³-hybridized carbons (Fsp3) is 0.278. The predicted molar refractivity (Wildman–Crippen MR) is 88.4 cm³/mol. The third kappa shape index (κ3) is 4.25. The van der Waals surface area contributed by atoms with Crippen molar-refractivity contribution in [3.63, 3.8) is 0 Å². The van der Waals surface area contributed by atoms with E-state index in [0.29, 0.717) is 11.8 Å². The standard InChI is InChI=1S/C18H20N2O2/c1-13-2-10-17(11-3-13)22-12-18(21)20-16-8-6-15(7-9-16)19-14-4-5-14/h2-3,6-11,14,19H,4-5,12H2,1H3,(H,20,21). The van der Waals surface area contributed by atoms with E-state index in [0.717, 1.165) is 16.9 Å². The van der Waals surface area contributed by atoms with Crippen molar-refractivity contribution in [1.29, 1.82) is 0 Å². The lowest BCUT2D eigenvalue weighted by molar-refractivity contribution is -0.118. The molecule has 1 amide bonds. The third-order valence-electron chi connectivity index (χ3n) is 3.51. The Balaban J connectivity index is 1.47. The molecular weight excluding hydrogens is 276 g/mol. The van der Waals surface area contributed by atoms with Crippen LogP contribution in [0.3, 0.4) is 0 Å². The maximum atomic E-state index is 11.9. The fourth-order valence-corrected chi connectivity index (χ4v) is 2.09. The Morgan fingerprint density at radius 2 is 1.68 bits per heavy atom. The Labute approximate surface area is 130 Å². The van der Waals surface area contributed by atoms with Crippen LogP contribution >= 0.6 is 0 Å². The van der Waals surface area contributed by atoms with Crippen molar-refractivity contribution in [2.75, 3.05) is 17.2 Å².